The lowest BCUT2D eigenvalue weighted by Gasteiger charge is -2.38. The van der Waals surface area contributed by atoms with Crippen LogP contribution in [0, 0.1) is 11.5 Å². The number of rotatable bonds is 6. The van der Waals surface area contributed by atoms with Gasteiger partial charge in [-0.3, -0.25) is 5.32 Å². The number of urea groups is 1. The molecule has 0 spiro atoms. The molecule has 2 aromatic rings. The first-order chi connectivity index (χ1) is 15.7. The van der Waals surface area contributed by atoms with Gasteiger partial charge in [0.1, 0.15) is 13.9 Å². The SMILES string of the molecule is CSc1ncc2c(C#C[Si](C(C)C)(C(C)C)C(C)C)cc(NC(=O)NC3CCCC3)nc2n1. The second-order valence-electron chi connectivity index (χ2n) is 9.88. The van der Waals surface area contributed by atoms with Gasteiger partial charge in [0.2, 0.25) is 0 Å². The van der Waals surface area contributed by atoms with Gasteiger partial charge in [-0.1, -0.05) is 72.1 Å². The van der Waals surface area contributed by atoms with Gasteiger partial charge in [-0.05, 0) is 41.8 Å². The van der Waals surface area contributed by atoms with E-state index in [0.717, 1.165) is 23.8 Å². The number of fused-ring (bicyclic) bond motifs is 1. The minimum Gasteiger partial charge on any atom is -0.335 e. The van der Waals surface area contributed by atoms with E-state index in [9.17, 15) is 4.79 Å². The van der Waals surface area contributed by atoms with Gasteiger partial charge in [0.05, 0.1) is 5.39 Å². The molecule has 3 rings (SSSR count). The van der Waals surface area contributed by atoms with Crippen LogP contribution in [0.25, 0.3) is 11.0 Å². The molecule has 0 unspecified atom stereocenters. The first-order valence-electron chi connectivity index (χ1n) is 12.0. The van der Waals surface area contributed by atoms with Crippen LogP contribution in [0.1, 0.15) is 72.8 Å². The molecule has 0 saturated heterocycles. The maximum atomic E-state index is 12.6. The average Bonchev–Trinajstić information content (AvgIpc) is 3.25. The van der Waals surface area contributed by atoms with Gasteiger partial charge in [0, 0.05) is 17.8 Å². The quantitative estimate of drug-likeness (QED) is 0.216. The predicted octanol–water partition coefficient (Wildman–Crippen LogP) is 6.38. The van der Waals surface area contributed by atoms with E-state index >= 15 is 0 Å². The van der Waals surface area contributed by atoms with Crippen molar-refractivity contribution in [1.29, 1.82) is 0 Å². The van der Waals surface area contributed by atoms with Crippen LogP contribution >= 0.6 is 11.8 Å². The van der Waals surface area contributed by atoms with Crippen LogP contribution in [-0.4, -0.2) is 41.4 Å². The summed E-state index contributed by atoms with van der Waals surface area (Å²) in [4.78, 5) is 26.3. The number of thioether (sulfide) groups is 1. The molecule has 178 valence electrons. The summed E-state index contributed by atoms with van der Waals surface area (Å²) in [6.07, 6.45) is 8.14. The van der Waals surface area contributed by atoms with Crippen molar-refractivity contribution in [3.63, 3.8) is 0 Å². The second-order valence-corrected chi connectivity index (χ2v) is 16.2. The Hall–Kier alpha value is -2.11. The number of hydrogen-bond donors (Lipinski definition) is 2. The zero-order valence-electron chi connectivity index (χ0n) is 21.0. The molecule has 1 aliphatic rings. The lowest BCUT2D eigenvalue weighted by molar-refractivity contribution is 0.248. The van der Waals surface area contributed by atoms with Crippen molar-refractivity contribution < 1.29 is 4.79 Å². The monoisotopic (exact) mass is 483 g/mol. The zero-order chi connectivity index (χ0) is 24.2. The fourth-order valence-corrected chi connectivity index (χ4v) is 10.8. The van der Waals surface area contributed by atoms with Crippen LogP contribution in [0.2, 0.25) is 16.6 Å². The predicted molar refractivity (Wildman–Crippen MR) is 141 cm³/mol. The van der Waals surface area contributed by atoms with Crippen molar-refractivity contribution in [1.82, 2.24) is 20.3 Å². The van der Waals surface area contributed by atoms with E-state index in [1.165, 1.54) is 24.6 Å². The summed E-state index contributed by atoms with van der Waals surface area (Å²) >= 11 is 1.47. The molecule has 0 radical (unpaired) electrons. The Labute approximate surface area is 203 Å². The smallest absolute Gasteiger partial charge is 0.320 e. The number of carbonyl (C=O) groups excluding carboxylic acids is 1. The van der Waals surface area contributed by atoms with Gasteiger partial charge in [-0.2, -0.15) is 0 Å². The summed E-state index contributed by atoms with van der Waals surface area (Å²) in [7, 11) is -1.92. The van der Waals surface area contributed by atoms with Crippen molar-refractivity contribution in [2.75, 3.05) is 11.6 Å². The Kier molecular flexibility index (Phi) is 8.41. The molecule has 8 heteroatoms. The topological polar surface area (TPSA) is 79.8 Å². The summed E-state index contributed by atoms with van der Waals surface area (Å²) in [5.74, 6) is 3.98. The number of carbonyl (C=O) groups is 1. The first kappa shape index (κ1) is 25.5. The van der Waals surface area contributed by atoms with E-state index < -0.39 is 8.07 Å². The third-order valence-corrected chi connectivity index (χ3v) is 13.8. The Morgan fingerprint density at radius 3 is 2.30 bits per heavy atom. The van der Waals surface area contributed by atoms with Gasteiger partial charge in [-0.25, -0.2) is 19.7 Å². The number of pyridine rings is 1. The molecule has 1 saturated carbocycles. The Morgan fingerprint density at radius 2 is 1.73 bits per heavy atom. The average molecular weight is 484 g/mol. The van der Waals surface area contributed by atoms with Crippen LogP contribution in [0.5, 0.6) is 0 Å². The van der Waals surface area contributed by atoms with Crippen LogP contribution < -0.4 is 10.6 Å². The highest BCUT2D eigenvalue weighted by Gasteiger charge is 2.41. The Bertz CT molecular complexity index is 1030. The molecule has 2 heterocycles. The number of nitrogens with one attached hydrogen (secondary N) is 2. The van der Waals surface area contributed by atoms with Crippen LogP contribution in [0.3, 0.4) is 0 Å². The third-order valence-electron chi connectivity index (χ3n) is 6.94. The minimum absolute atomic E-state index is 0.220. The normalized spacial score (nSPS) is 14.7. The van der Waals surface area contributed by atoms with E-state index in [0.29, 0.717) is 33.2 Å². The maximum Gasteiger partial charge on any atom is 0.320 e. The zero-order valence-corrected chi connectivity index (χ0v) is 22.8. The fraction of sp³-hybridized carbons (Fsp3) is 0.600. The Morgan fingerprint density at radius 1 is 1.09 bits per heavy atom. The van der Waals surface area contributed by atoms with E-state index in [1.807, 2.05) is 12.3 Å². The van der Waals surface area contributed by atoms with Crippen LogP contribution in [0.4, 0.5) is 10.6 Å². The molecule has 0 bridgehead atoms. The largest absolute Gasteiger partial charge is 0.335 e. The van der Waals surface area contributed by atoms with E-state index in [4.69, 9.17) is 0 Å². The third kappa shape index (κ3) is 5.69. The van der Waals surface area contributed by atoms with Crippen molar-refractivity contribution in [2.45, 2.75) is 95.0 Å². The molecule has 1 fully saturated rings. The highest BCUT2D eigenvalue weighted by molar-refractivity contribution is 7.98. The van der Waals surface area contributed by atoms with Crippen molar-refractivity contribution in [2.24, 2.45) is 0 Å². The molecule has 0 atom stereocenters. The fourth-order valence-electron chi connectivity index (χ4n) is 5.28. The summed E-state index contributed by atoms with van der Waals surface area (Å²) in [6.45, 7) is 13.8. The van der Waals surface area contributed by atoms with Gasteiger partial charge in [0.15, 0.2) is 10.8 Å². The summed E-state index contributed by atoms with van der Waals surface area (Å²) in [5.41, 5.74) is 6.76. The summed E-state index contributed by atoms with van der Waals surface area (Å²) < 4.78 is 0. The summed E-state index contributed by atoms with van der Waals surface area (Å²) in [5, 5.41) is 7.45. The molecule has 2 N–H and O–H groups in total. The second kappa shape index (κ2) is 10.9. The minimum atomic E-state index is -1.92. The van der Waals surface area contributed by atoms with E-state index in [1.54, 1.807) is 6.20 Å². The molecule has 1 aliphatic carbocycles. The standard InChI is InChI=1S/C25H37N5OSSi/c1-16(2)33(17(3)4,18(5)6)13-12-19-14-22(29-24(31)27-20-10-8-9-11-20)28-23-21(19)15-26-25(30-23)32-7/h14-18,20H,8-11H2,1-7H3,(H2,26,27,28,29,30,31). The lowest BCUT2D eigenvalue weighted by Crippen LogP contribution is -2.43. The highest BCUT2D eigenvalue weighted by Crippen LogP contribution is 2.41. The van der Waals surface area contributed by atoms with Crippen molar-refractivity contribution in [3.05, 3.63) is 17.8 Å². The molecular formula is C25H37N5OSSi. The van der Waals surface area contributed by atoms with Gasteiger partial charge >= 0.3 is 6.03 Å². The first-order valence-corrected chi connectivity index (χ1v) is 15.5. The number of nitrogens with zero attached hydrogens (tertiary/aromatic N) is 3. The maximum absolute atomic E-state index is 12.6. The number of aromatic nitrogens is 3. The summed E-state index contributed by atoms with van der Waals surface area (Å²) in [6, 6.07) is 1.89. The van der Waals surface area contributed by atoms with Crippen LogP contribution in [-0.2, 0) is 0 Å². The molecule has 2 amide bonds. The van der Waals surface area contributed by atoms with E-state index in [-0.39, 0.29) is 12.1 Å². The number of hydrogen-bond acceptors (Lipinski definition) is 5. The van der Waals surface area contributed by atoms with E-state index in [2.05, 4.69) is 78.6 Å². The van der Waals surface area contributed by atoms with Crippen molar-refractivity contribution in [3.8, 4) is 11.5 Å². The highest BCUT2D eigenvalue weighted by atomic mass is 32.2. The van der Waals surface area contributed by atoms with Crippen LogP contribution in [0.15, 0.2) is 17.4 Å². The van der Waals surface area contributed by atoms with Gasteiger partial charge in [0.25, 0.3) is 0 Å². The number of anilines is 1. The molecule has 0 aromatic carbocycles. The van der Waals surface area contributed by atoms with Gasteiger partial charge < -0.3 is 5.32 Å². The lowest BCUT2D eigenvalue weighted by atomic mass is 10.2. The molecule has 6 nitrogen and oxygen atoms in total. The van der Waals surface area contributed by atoms with Gasteiger partial charge in [-0.15, -0.1) is 5.54 Å². The molecule has 0 aliphatic heterocycles. The molecule has 2 aromatic heterocycles. The number of amides is 2. The van der Waals surface area contributed by atoms with Crippen molar-refractivity contribution >= 4 is 42.7 Å². The Balaban J connectivity index is 2.04. The molecule has 33 heavy (non-hydrogen) atoms. The molecular weight excluding hydrogens is 446 g/mol.